The molecule has 0 spiro atoms. The number of rotatable bonds is 3. The monoisotopic (exact) mass is 540 g/mol. The van der Waals surface area contributed by atoms with Crippen molar-refractivity contribution in [2.75, 3.05) is 0 Å². The maximum absolute atomic E-state index is 12.7. The topological polar surface area (TPSA) is 104 Å². The average Bonchev–Trinajstić information content (AvgIpc) is 3.12. The van der Waals surface area contributed by atoms with E-state index in [1.54, 1.807) is 6.92 Å². The lowest BCUT2D eigenvalue weighted by Crippen LogP contribution is -2.07. The van der Waals surface area contributed by atoms with Crippen LogP contribution in [0.5, 0.6) is 0 Å². The van der Waals surface area contributed by atoms with Crippen LogP contribution in [0.1, 0.15) is 16.8 Å². The second-order valence-electron chi connectivity index (χ2n) is 6.37. The van der Waals surface area contributed by atoms with E-state index >= 15 is 0 Å². The van der Waals surface area contributed by atoms with Crippen LogP contribution in [0, 0.1) is 27.2 Å². The number of nitro benzene ring substituents is 2. The number of non-ortho nitro benzene ring substituents is 2. The highest BCUT2D eigenvalue weighted by atomic mass is 79.9. The second kappa shape index (κ2) is 9.56. The van der Waals surface area contributed by atoms with E-state index in [0.29, 0.717) is 17.8 Å². The molecule has 0 saturated heterocycles. The number of nitrogens with zero attached hydrogens (tertiary/aromatic N) is 4. The van der Waals surface area contributed by atoms with Crippen molar-refractivity contribution in [3.63, 3.8) is 0 Å². The number of aromatic nitrogens is 2. The summed E-state index contributed by atoms with van der Waals surface area (Å²) in [6.07, 6.45) is -6.43. The average molecular weight is 541 g/mol. The maximum atomic E-state index is 12.7. The van der Waals surface area contributed by atoms with Crippen LogP contribution >= 0.6 is 15.9 Å². The van der Waals surface area contributed by atoms with Crippen molar-refractivity contribution in [2.45, 2.75) is 19.3 Å². The summed E-state index contributed by atoms with van der Waals surface area (Å²) in [5, 5.41) is 20.9. The van der Waals surface area contributed by atoms with Crippen molar-refractivity contribution in [1.29, 1.82) is 0 Å². The number of benzene rings is 2. The predicted molar refractivity (Wildman–Crippen MR) is 106 cm³/mol. The van der Waals surface area contributed by atoms with E-state index in [1.165, 1.54) is 17.1 Å². The number of nitro groups is 2. The van der Waals surface area contributed by atoms with Gasteiger partial charge in [0.25, 0.3) is 11.4 Å². The molecule has 0 aliphatic heterocycles. The summed E-state index contributed by atoms with van der Waals surface area (Å²) < 4.78 is 75.9. The first-order chi connectivity index (χ1) is 15.1. The first-order valence-corrected chi connectivity index (χ1v) is 9.27. The molecule has 1 aromatic heterocycles. The molecule has 0 unspecified atom stereocenters. The highest BCUT2D eigenvalue weighted by Gasteiger charge is 2.33. The molecule has 0 saturated carbocycles. The Labute approximate surface area is 188 Å². The number of aryl methyl sites for hydroxylation is 1. The normalized spacial score (nSPS) is 11.5. The molecule has 15 heteroatoms. The summed E-state index contributed by atoms with van der Waals surface area (Å²) in [6, 6.07) is 4.70. The van der Waals surface area contributed by atoms with Crippen LogP contribution in [0.15, 0.2) is 53.4 Å². The molecular weight excluding hydrogens is 530 g/mol. The zero-order valence-electron chi connectivity index (χ0n) is 16.2. The van der Waals surface area contributed by atoms with E-state index in [4.69, 9.17) is 0 Å². The molecule has 0 bridgehead atoms. The molecule has 1 heterocycles. The summed E-state index contributed by atoms with van der Waals surface area (Å²) in [6.45, 7) is 1.67. The first kappa shape index (κ1) is 25.8. The van der Waals surface area contributed by atoms with Crippen molar-refractivity contribution in [1.82, 2.24) is 9.55 Å². The molecule has 0 aliphatic carbocycles. The zero-order chi connectivity index (χ0) is 25.1. The summed E-state index contributed by atoms with van der Waals surface area (Å²) in [4.78, 5) is 23.1. The fraction of sp³-hybridized carbons (Fsp3) is 0.167. The largest absolute Gasteiger partial charge is 0.416 e. The third-order valence-corrected chi connectivity index (χ3v) is 4.33. The molecule has 0 aliphatic rings. The zero-order valence-corrected chi connectivity index (χ0v) is 17.8. The summed E-state index contributed by atoms with van der Waals surface area (Å²) in [5.74, 6) is 0. The minimum atomic E-state index is -4.64. The number of hydrogen-bond acceptors (Lipinski definition) is 5. The van der Waals surface area contributed by atoms with Crippen LogP contribution in [0.25, 0.3) is 5.69 Å². The molecule has 3 rings (SSSR count). The third kappa shape index (κ3) is 7.00. The quantitative estimate of drug-likeness (QED) is 0.214. The van der Waals surface area contributed by atoms with E-state index < -0.39 is 44.7 Å². The van der Waals surface area contributed by atoms with Crippen molar-refractivity contribution < 1.29 is 36.2 Å². The SMILES string of the molecule is Cc1cn(-c2cc([N+](=O)[O-])cc(C(F)(F)F)c2)cn1.O=[N+]([O-])c1cc(Br)cc(C(F)(F)F)c1. The molecule has 0 N–H and O–H groups in total. The predicted octanol–water partition coefficient (Wildman–Crippen LogP) is 6.48. The van der Waals surface area contributed by atoms with Crippen LogP contribution in [0.3, 0.4) is 0 Å². The summed E-state index contributed by atoms with van der Waals surface area (Å²) >= 11 is 2.77. The standard InChI is InChI=1S/C11H8F3N3O2.C7H3BrF3NO2/c1-7-5-16(6-15-7)9-2-8(11(12,13)14)3-10(4-9)17(18)19;8-5-1-4(7(9,10)11)2-6(3-5)12(13)14/h2-6H,1H3;1-3H. The lowest BCUT2D eigenvalue weighted by Gasteiger charge is -2.09. The maximum Gasteiger partial charge on any atom is 0.416 e. The van der Waals surface area contributed by atoms with E-state index in [-0.39, 0.29) is 10.2 Å². The van der Waals surface area contributed by atoms with E-state index in [1.807, 2.05) is 0 Å². The molecule has 0 radical (unpaired) electrons. The second-order valence-corrected chi connectivity index (χ2v) is 7.28. The fourth-order valence-electron chi connectivity index (χ4n) is 2.42. The smallest absolute Gasteiger partial charge is 0.306 e. The number of imidazole rings is 1. The van der Waals surface area contributed by atoms with Gasteiger partial charge < -0.3 is 4.57 Å². The molecular formula is C18H11BrF6N4O4. The Bertz CT molecular complexity index is 1190. The van der Waals surface area contributed by atoms with Crippen LogP contribution in [0.4, 0.5) is 37.7 Å². The van der Waals surface area contributed by atoms with E-state index in [0.717, 1.165) is 24.3 Å². The first-order valence-electron chi connectivity index (χ1n) is 8.47. The van der Waals surface area contributed by atoms with Gasteiger partial charge in [0, 0.05) is 34.9 Å². The highest BCUT2D eigenvalue weighted by Crippen LogP contribution is 2.34. The van der Waals surface area contributed by atoms with Gasteiger partial charge in [0.05, 0.1) is 38.7 Å². The van der Waals surface area contributed by atoms with Gasteiger partial charge in [0.1, 0.15) is 0 Å². The number of hydrogen-bond donors (Lipinski definition) is 0. The minimum absolute atomic E-state index is 0.0269. The highest BCUT2D eigenvalue weighted by molar-refractivity contribution is 9.10. The fourth-order valence-corrected chi connectivity index (χ4v) is 2.90. The number of halogens is 7. The van der Waals surface area contributed by atoms with Gasteiger partial charge in [-0.2, -0.15) is 26.3 Å². The third-order valence-electron chi connectivity index (χ3n) is 3.87. The summed E-state index contributed by atoms with van der Waals surface area (Å²) in [5.41, 5.74) is -2.67. The van der Waals surface area contributed by atoms with Gasteiger partial charge in [-0.25, -0.2) is 4.98 Å². The van der Waals surface area contributed by atoms with Gasteiger partial charge in [0.15, 0.2) is 0 Å². The van der Waals surface area contributed by atoms with Crippen molar-refractivity contribution >= 4 is 27.3 Å². The van der Waals surface area contributed by atoms with Gasteiger partial charge in [-0.3, -0.25) is 20.2 Å². The molecule has 0 fully saturated rings. The Balaban J connectivity index is 0.000000245. The van der Waals surface area contributed by atoms with Crippen LogP contribution in [-0.4, -0.2) is 19.4 Å². The molecule has 8 nitrogen and oxygen atoms in total. The van der Waals surface area contributed by atoms with Crippen LogP contribution in [-0.2, 0) is 12.4 Å². The molecule has 2 aromatic carbocycles. The molecule has 33 heavy (non-hydrogen) atoms. The van der Waals surface area contributed by atoms with E-state index in [2.05, 4.69) is 20.9 Å². The van der Waals surface area contributed by atoms with Crippen LogP contribution in [0.2, 0.25) is 0 Å². The minimum Gasteiger partial charge on any atom is -0.306 e. The molecule has 0 atom stereocenters. The Kier molecular flexibility index (Phi) is 7.46. The summed E-state index contributed by atoms with van der Waals surface area (Å²) in [7, 11) is 0. The van der Waals surface area contributed by atoms with Gasteiger partial charge in [-0.15, -0.1) is 0 Å². The lowest BCUT2D eigenvalue weighted by molar-refractivity contribution is -0.385. The van der Waals surface area contributed by atoms with Gasteiger partial charge >= 0.3 is 12.4 Å². The van der Waals surface area contributed by atoms with Gasteiger partial charge in [-0.1, -0.05) is 15.9 Å². The Morgan fingerprint density at radius 1 is 0.848 bits per heavy atom. The Morgan fingerprint density at radius 2 is 1.33 bits per heavy atom. The Hall–Kier alpha value is -3.49. The van der Waals surface area contributed by atoms with Gasteiger partial charge in [-0.05, 0) is 19.1 Å². The van der Waals surface area contributed by atoms with E-state index in [9.17, 15) is 46.6 Å². The van der Waals surface area contributed by atoms with Crippen molar-refractivity contribution in [3.05, 3.63) is 90.4 Å². The lowest BCUT2D eigenvalue weighted by atomic mass is 10.1. The van der Waals surface area contributed by atoms with Gasteiger partial charge in [0.2, 0.25) is 0 Å². The van der Waals surface area contributed by atoms with Crippen molar-refractivity contribution in [2.24, 2.45) is 0 Å². The molecule has 176 valence electrons. The molecule has 3 aromatic rings. The van der Waals surface area contributed by atoms with Crippen LogP contribution < -0.4 is 0 Å². The number of alkyl halides is 6. The van der Waals surface area contributed by atoms with Crippen molar-refractivity contribution in [3.8, 4) is 5.69 Å². The molecule has 0 amide bonds. The Morgan fingerprint density at radius 3 is 1.76 bits per heavy atom.